The van der Waals surface area contributed by atoms with E-state index in [1.807, 2.05) is 44.3 Å². The summed E-state index contributed by atoms with van der Waals surface area (Å²) in [5, 5.41) is 14.4. The Morgan fingerprint density at radius 3 is 2.51 bits per heavy atom. The van der Waals surface area contributed by atoms with Crippen LogP contribution in [-0.4, -0.2) is 46.7 Å². The van der Waals surface area contributed by atoms with Gasteiger partial charge < -0.3 is 20.1 Å². The molecule has 1 heterocycles. The smallest absolute Gasteiger partial charge is 0.376 e. The molecular weight excluding hydrogens is 616 g/mol. The van der Waals surface area contributed by atoms with Gasteiger partial charge in [-0.15, -0.1) is 0 Å². The molecule has 3 saturated carbocycles. The van der Waals surface area contributed by atoms with Crippen LogP contribution in [0, 0.1) is 33.5 Å². The number of amides is 1. The maximum atomic E-state index is 14.4. The Hall–Kier alpha value is -4.20. The lowest BCUT2D eigenvalue weighted by Crippen LogP contribution is -2.58. The molecule has 2 unspecified atom stereocenters. The van der Waals surface area contributed by atoms with Gasteiger partial charge in [0, 0.05) is 39.9 Å². The molecular formula is C41H48N2O6. The van der Waals surface area contributed by atoms with E-state index in [9.17, 15) is 24.3 Å². The van der Waals surface area contributed by atoms with Gasteiger partial charge in [-0.25, -0.2) is 4.79 Å². The van der Waals surface area contributed by atoms with Crippen LogP contribution in [-0.2, 0) is 30.3 Å². The van der Waals surface area contributed by atoms with Gasteiger partial charge in [0.1, 0.15) is 6.04 Å². The second-order valence-corrected chi connectivity index (χ2v) is 16.4. The number of Topliss-reactive ketones (excluding diaryl/α,β-unsaturated/α-hetero) is 1. The first kappa shape index (κ1) is 33.3. The maximum absolute atomic E-state index is 14.4. The minimum absolute atomic E-state index is 0.0877. The van der Waals surface area contributed by atoms with Crippen LogP contribution in [0.3, 0.4) is 0 Å². The molecule has 5 aliphatic rings. The maximum Gasteiger partial charge on any atom is 0.376 e. The number of nitrogens with one attached hydrogen (secondary N) is 2. The third kappa shape index (κ3) is 4.99. The number of hydrogen-bond acceptors (Lipinski definition) is 6. The van der Waals surface area contributed by atoms with Crippen LogP contribution >= 0.6 is 0 Å². The lowest BCUT2D eigenvalue weighted by molar-refractivity contribution is -0.154. The van der Waals surface area contributed by atoms with Crippen LogP contribution in [0.5, 0.6) is 0 Å². The van der Waals surface area contributed by atoms with E-state index in [-0.39, 0.29) is 46.0 Å². The molecule has 258 valence electrons. The Labute approximate surface area is 288 Å². The van der Waals surface area contributed by atoms with Crippen LogP contribution in [0.15, 0.2) is 76.7 Å². The first-order chi connectivity index (χ1) is 23.1. The zero-order valence-electron chi connectivity index (χ0n) is 29.5. The van der Waals surface area contributed by atoms with Crippen molar-refractivity contribution in [2.75, 3.05) is 7.11 Å². The van der Waals surface area contributed by atoms with Gasteiger partial charge in [0.05, 0.1) is 7.11 Å². The molecule has 3 N–H and O–H groups in total. The number of ether oxygens (including phenoxy) is 1. The number of hydrogen-bond donors (Lipinski definition) is 3. The number of carbonyl (C=O) groups is 4. The second-order valence-electron chi connectivity index (χ2n) is 16.4. The third-order valence-corrected chi connectivity index (χ3v) is 13.7. The number of fused-ring (bicyclic) bond motifs is 8. The number of allylic oxidation sites excluding steroid dienone is 7. The molecule has 0 aliphatic heterocycles. The van der Waals surface area contributed by atoms with Gasteiger partial charge in [0.15, 0.2) is 5.76 Å². The van der Waals surface area contributed by atoms with E-state index in [0.717, 1.165) is 59.7 Å². The highest BCUT2D eigenvalue weighted by Gasteiger charge is 2.62. The number of carbonyl (C=O) groups excluding carboxylic acids is 4. The molecule has 49 heavy (non-hydrogen) atoms. The molecule has 1 aromatic heterocycles. The molecule has 1 amide bonds. The molecule has 0 radical (unpaired) electrons. The topological polar surface area (TPSA) is 126 Å². The molecule has 8 nitrogen and oxygen atoms in total. The average Bonchev–Trinajstić information content (AvgIpc) is 3.49. The summed E-state index contributed by atoms with van der Waals surface area (Å²) in [4.78, 5) is 56.3. The zero-order chi connectivity index (χ0) is 35.1. The molecule has 0 bridgehead atoms. The molecule has 7 atom stereocenters. The van der Waals surface area contributed by atoms with Crippen molar-refractivity contribution >= 4 is 34.3 Å². The van der Waals surface area contributed by atoms with Gasteiger partial charge >= 0.3 is 5.97 Å². The van der Waals surface area contributed by atoms with Gasteiger partial charge in [-0.2, -0.15) is 0 Å². The van der Waals surface area contributed by atoms with Crippen molar-refractivity contribution in [3.05, 3.63) is 82.3 Å². The van der Waals surface area contributed by atoms with Crippen LogP contribution in [0.2, 0.25) is 0 Å². The number of benzene rings is 1. The third-order valence-electron chi connectivity index (χ3n) is 13.7. The Morgan fingerprint density at radius 2 is 1.76 bits per heavy atom. The fourth-order valence-corrected chi connectivity index (χ4v) is 10.6. The fourth-order valence-electron chi connectivity index (χ4n) is 10.6. The predicted molar refractivity (Wildman–Crippen MR) is 187 cm³/mol. The lowest BCUT2D eigenvalue weighted by atomic mass is 9.39. The number of aromatic amines is 1. The highest BCUT2D eigenvalue weighted by molar-refractivity contribution is 6.36. The number of aromatic nitrogens is 1. The van der Waals surface area contributed by atoms with Crippen LogP contribution < -0.4 is 5.32 Å². The molecule has 7 rings (SSSR count). The van der Waals surface area contributed by atoms with Gasteiger partial charge in [0.25, 0.3) is 5.78 Å². The van der Waals surface area contributed by atoms with Crippen molar-refractivity contribution in [2.24, 2.45) is 33.5 Å². The van der Waals surface area contributed by atoms with E-state index < -0.39 is 23.2 Å². The number of methoxy groups -OCH3 is 1. The standard InChI is InChI=1S/C41H48N2O6/c1-23-25-11-12-33-40(4,28(25)20-32(44)34(23)45)14-13-27-29-21-39(3,16-15-38(29,2)17-18-41(27,33)5)37(48)43-31(35(46)36(47)49-6)19-24-22-42-30-10-8-7-9-26(24)30/h7-12,20,22,27,29,31,42,45H,13-19,21H2,1-6H3,(H,43,48)/t27?,29-,31?,38+,39+,40-,41-/m0/s1. The number of para-hydroxylation sites is 1. The summed E-state index contributed by atoms with van der Waals surface area (Å²) < 4.78 is 4.81. The highest BCUT2D eigenvalue weighted by Crippen LogP contribution is 2.70. The number of ketones is 2. The minimum atomic E-state index is -1.05. The highest BCUT2D eigenvalue weighted by atomic mass is 16.5. The second kappa shape index (κ2) is 11.4. The number of esters is 1. The summed E-state index contributed by atoms with van der Waals surface area (Å²) in [5.41, 5.74) is 4.69. The van der Waals surface area contributed by atoms with Crippen molar-refractivity contribution in [1.82, 2.24) is 10.3 Å². The van der Waals surface area contributed by atoms with Crippen molar-refractivity contribution in [2.45, 2.75) is 92.0 Å². The van der Waals surface area contributed by atoms with E-state index >= 15 is 0 Å². The lowest BCUT2D eigenvalue weighted by Gasteiger charge is -2.65. The van der Waals surface area contributed by atoms with E-state index in [0.29, 0.717) is 24.3 Å². The number of H-pyrrole nitrogens is 1. The molecule has 1 aromatic carbocycles. The largest absolute Gasteiger partial charge is 0.504 e. The van der Waals surface area contributed by atoms with Gasteiger partial charge in [-0.3, -0.25) is 14.4 Å². The molecule has 0 spiro atoms. The van der Waals surface area contributed by atoms with Crippen LogP contribution in [0.25, 0.3) is 10.9 Å². The quantitative estimate of drug-likeness (QED) is 0.222. The fraction of sp³-hybridized carbons (Fsp3) is 0.512. The zero-order valence-corrected chi connectivity index (χ0v) is 29.5. The van der Waals surface area contributed by atoms with Crippen LogP contribution in [0.1, 0.15) is 85.1 Å². The van der Waals surface area contributed by atoms with Crippen molar-refractivity contribution < 1.29 is 29.0 Å². The summed E-state index contributed by atoms with van der Waals surface area (Å²) in [6, 6.07) is 6.72. The van der Waals surface area contributed by atoms with Crippen LogP contribution in [0.4, 0.5) is 0 Å². The summed E-state index contributed by atoms with van der Waals surface area (Å²) in [6.07, 6.45) is 14.3. The van der Waals surface area contributed by atoms with E-state index in [1.165, 1.54) is 12.7 Å². The summed E-state index contributed by atoms with van der Waals surface area (Å²) >= 11 is 0. The van der Waals surface area contributed by atoms with Crippen molar-refractivity contribution in [3.8, 4) is 0 Å². The van der Waals surface area contributed by atoms with Crippen molar-refractivity contribution in [1.29, 1.82) is 0 Å². The minimum Gasteiger partial charge on any atom is -0.504 e. The Morgan fingerprint density at radius 1 is 1.02 bits per heavy atom. The molecule has 5 aliphatic carbocycles. The van der Waals surface area contributed by atoms with Gasteiger partial charge in [-0.05, 0) is 103 Å². The normalized spacial score (nSPS) is 34.3. The average molecular weight is 665 g/mol. The number of aliphatic hydroxyl groups is 1. The number of rotatable bonds is 6. The first-order valence-electron chi connectivity index (χ1n) is 17.7. The summed E-state index contributed by atoms with van der Waals surface area (Å²) in [7, 11) is 1.19. The van der Waals surface area contributed by atoms with E-state index in [2.05, 4.69) is 43.2 Å². The summed E-state index contributed by atoms with van der Waals surface area (Å²) in [6.45, 7) is 10.9. The van der Waals surface area contributed by atoms with Gasteiger partial charge in [-0.1, -0.05) is 63.6 Å². The molecule has 8 heteroatoms. The molecule has 0 saturated heterocycles. The first-order valence-corrected chi connectivity index (χ1v) is 17.7. The Balaban J connectivity index is 1.17. The molecule has 3 fully saturated rings. The summed E-state index contributed by atoms with van der Waals surface area (Å²) in [5.74, 6) is -1.78. The predicted octanol–water partition coefficient (Wildman–Crippen LogP) is 7.17. The SMILES string of the molecule is COC(=O)C(=O)C(Cc1c[nH]c2ccccc12)NC(=O)[C@]1(C)CC[C@]2(C)CC[C@]3(C)C4=CC=C5C(=CC(=O)C(O)=C5C)[C@]4(C)CCC3[C@@H]2C1. The monoisotopic (exact) mass is 664 g/mol. The Bertz CT molecular complexity index is 1930. The van der Waals surface area contributed by atoms with Crippen molar-refractivity contribution in [3.63, 3.8) is 0 Å². The molecule has 2 aromatic rings. The van der Waals surface area contributed by atoms with E-state index in [1.54, 1.807) is 6.08 Å². The van der Waals surface area contributed by atoms with Gasteiger partial charge in [0.2, 0.25) is 11.7 Å². The Kier molecular flexibility index (Phi) is 7.77. The number of aliphatic hydroxyl groups excluding tert-OH is 1. The van der Waals surface area contributed by atoms with E-state index in [4.69, 9.17) is 4.74 Å².